The molecule has 1 aromatic heterocycles. The number of hydrogen-bond donors (Lipinski definition) is 0. The molecule has 1 amide bonds. The van der Waals surface area contributed by atoms with Crippen LogP contribution in [-0.2, 0) is 24.1 Å². The molecule has 2 unspecified atom stereocenters. The Morgan fingerprint density at radius 3 is 2.74 bits per heavy atom. The van der Waals surface area contributed by atoms with Gasteiger partial charge >= 0.3 is 5.97 Å². The minimum Gasteiger partial charge on any atom is -0.454 e. The lowest BCUT2D eigenvalue weighted by molar-refractivity contribution is 0.0252. The molecule has 35 heavy (non-hydrogen) atoms. The Morgan fingerprint density at radius 1 is 0.971 bits per heavy atom. The standard InChI is InChI=1S/C28H30N4O3/c33-27(31-14-7-10-21(18-31)26-30-29-25-11-5-2-6-15-32(25)26)20-12-13-23-22(16-20)17-24(35-28(23)34)19-8-3-1-4-9-19/h1,3-4,8-9,12-13,16,21,24H,2,5-7,10-11,14-15,17-18H2. The highest BCUT2D eigenvalue weighted by molar-refractivity contribution is 5.98. The molecule has 0 saturated carbocycles. The quantitative estimate of drug-likeness (QED) is 0.528. The number of aryl methyl sites for hydroxylation is 1. The molecule has 0 N–H and O–H groups in total. The van der Waals surface area contributed by atoms with Gasteiger partial charge in [0.05, 0.1) is 5.56 Å². The summed E-state index contributed by atoms with van der Waals surface area (Å²) in [7, 11) is 0. The Bertz CT molecular complexity index is 1250. The number of carbonyl (C=O) groups excluding carboxylic acids is 2. The molecular formula is C28H30N4O3. The van der Waals surface area contributed by atoms with Gasteiger partial charge in [0, 0.05) is 44.0 Å². The topological polar surface area (TPSA) is 77.3 Å². The van der Waals surface area contributed by atoms with Gasteiger partial charge in [-0.25, -0.2) is 4.79 Å². The fraction of sp³-hybridized carbons (Fsp3) is 0.429. The minimum atomic E-state index is -0.330. The van der Waals surface area contributed by atoms with Gasteiger partial charge < -0.3 is 14.2 Å². The molecule has 0 aliphatic carbocycles. The molecule has 2 atom stereocenters. The summed E-state index contributed by atoms with van der Waals surface area (Å²) in [4.78, 5) is 28.1. The van der Waals surface area contributed by atoms with E-state index in [1.165, 1.54) is 12.8 Å². The van der Waals surface area contributed by atoms with Crippen molar-refractivity contribution in [3.05, 3.63) is 82.4 Å². The molecule has 4 heterocycles. The van der Waals surface area contributed by atoms with Crippen LogP contribution in [-0.4, -0.2) is 44.6 Å². The van der Waals surface area contributed by atoms with Crippen molar-refractivity contribution in [2.24, 2.45) is 0 Å². The SMILES string of the molecule is O=C1OC(c2ccccc2)Cc2cc(C(=O)N3CCCC(c4nnc5n4CCCCC5)C3)ccc21. The van der Waals surface area contributed by atoms with Crippen molar-refractivity contribution in [3.63, 3.8) is 0 Å². The molecule has 0 spiro atoms. The van der Waals surface area contributed by atoms with Crippen molar-refractivity contribution >= 4 is 11.9 Å². The predicted molar refractivity (Wildman–Crippen MR) is 130 cm³/mol. The normalized spacial score (nSPS) is 22.1. The highest BCUT2D eigenvalue weighted by atomic mass is 16.5. The number of piperidine rings is 1. The van der Waals surface area contributed by atoms with Gasteiger partial charge in [-0.15, -0.1) is 10.2 Å². The second-order valence-corrected chi connectivity index (χ2v) is 9.91. The molecule has 2 aromatic carbocycles. The zero-order chi connectivity index (χ0) is 23.8. The molecule has 0 radical (unpaired) electrons. The lowest BCUT2D eigenvalue weighted by atomic mass is 9.92. The molecule has 6 rings (SSSR count). The highest BCUT2D eigenvalue weighted by Gasteiger charge is 2.32. The number of hydrogen-bond acceptors (Lipinski definition) is 5. The van der Waals surface area contributed by atoms with E-state index in [4.69, 9.17) is 4.74 Å². The Labute approximate surface area is 205 Å². The van der Waals surface area contributed by atoms with Crippen molar-refractivity contribution in [3.8, 4) is 0 Å². The number of esters is 1. The first-order valence-electron chi connectivity index (χ1n) is 12.8. The third-order valence-corrected chi connectivity index (χ3v) is 7.61. The number of amides is 1. The monoisotopic (exact) mass is 470 g/mol. The summed E-state index contributed by atoms with van der Waals surface area (Å²) in [6, 6.07) is 15.2. The molecule has 3 aliphatic heterocycles. The van der Waals surface area contributed by atoms with Crippen LogP contribution in [0.3, 0.4) is 0 Å². The molecule has 1 fully saturated rings. The summed E-state index contributed by atoms with van der Waals surface area (Å²) in [6.07, 6.45) is 6.77. The highest BCUT2D eigenvalue weighted by Crippen LogP contribution is 2.32. The predicted octanol–water partition coefficient (Wildman–Crippen LogP) is 4.48. The van der Waals surface area contributed by atoms with E-state index < -0.39 is 0 Å². The van der Waals surface area contributed by atoms with Crippen LogP contribution >= 0.6 is 0 Å². The van der Waals surface area contributed by atoms with E-state index in [2.05, 4.69) is 14.8 Å². The fourth-order valence-electron chi connectivity index (χ4n) is 5.75. The smallest absolute Gasteiger partial charge is 0.339 e. The Kier molecular flexibility index (Phi) is 5.84. The lowest BCUT2D eigenvalue weighted by Crippen LogP contribution is -2.40. The first-order chi connectivity index (χ1) is 17.2. The number of likely N-dealkylation sites (tertiary alicyclic amines) is 1. The molecule has 7 nitrogen and oxygen atoms in total. The van der Waals surface area contributed by atoms with Gasteiger partial charge in [0.2, 0.25) is 0 Å². The van der Waals surface area contributed by atoms with Crippen LogP contribution in [0.2, 0.25) is 0 Å². The van der Waals surface area contributed by atoms with E-state index in [1.54, 1.807) is 12.1 Å². The van der Waals surface area contributed by atoms with Crippen molar-refractivity contribution in [2.45, 2.75) is 63.5 Å². The lowest BCUT2D eigenvalue weighted by Gasteiger charge is -2.33. The molecule has 1 saturated heterocycles. The summed E-state index contributed by atoms with van der Waals surface area (Å²) in [6.45, 7) is 2.37. The van der Waals surface area contributed by atoms with Gasteiger partial charge in [-0.1, -0.05) is 36.8 Å². The minimum absolute atomic E-state index is 0.0170. The average molecular weight is 471 g/mol. The Hall–Kier alpha value is -3.48. The van der Waals surface area contributed by atoms with E-state index in [1.807, 2.05) is 41.3 Å². The number of fused-ring (bicyclic) bond motifs is 2. The van der Waals surface area contributed by atoms with Crippen LogP contribution in [0.15, 0.2) is 48.5 Å². The van der Waals surface area contributed by atoms with Crippen LogP contribution in [0.4, 0.5) is 0 Å². The van der Waals surface area contributed by atoms with E-state index in [0.29, 0.717) is 24.1 Å². The zero-order valence-corrected chi connectivity index (χ0v) is 19.9. The maximum absolute atomic E-state index is 13.5. The average Bonchev–Trinajstić information content (AvgIpc) is 3.16. The van der Waals surface area contributed by atoms with Crippen LogP contribution in [0.25, 0.3) is 0 Å². The molecule has 180 valence electrons. The molecule has 7 heteroatoms. The van der Waals surface area contributed by atoms with Crippen LogP contribution in [0, 0.1) is 0 Å². The zero-order valence-electron chi connectivity index (χ0n) is 19.9. The number of cyclic esters (lactones) is 1. The summed E-state index contributed by atoms with van der Waals surface area (Å²) in [5, 5.41) is 9.03. The maximum atomic E-state index is 13.5. The number of rotatable bonds is 3. The molecular weight excluding hydrogens is 440 g/mol. The first-order valence-corrected chi connectivity index (χ1v) is 12.8. The fourth-order valence-corrected chi connectivity index (χ4v) is 5.75. The Balaban J connectivity index is 1.21. The number of ether oxygens (including phenoxy) is 1. The van der Waals surface area contributed by atoms with Crippen LogP contribution < -0.4 is 0 Å². The van der Waals surface area contributed by atoms with Gasteiger partial charge in [-0.05, 0) is 55.0 Å². The summed E-state index contributed by atoms with van der Waals surface area (Å²) < 4.78 is 7.98. The second kappa shape index (κ2) is 9.29. The first kappa shape index (κ1) is 22.0. The number of benzene rings is 2. The van der Waals surface area contributed by atoms with Gasteiger partial charge in [-0.2, -0.15) is 0 Å². The van der Waals surface area contributed by atoms with Crippen molar-refractivity contribution < 1.29 is 14.3 Å². The number of aromatic nitrogens is 3. The van der Waals surface area contributed by atoms with E-state index in [-0.39, 0.29) is 23.9 Å². The second-order valence-electron chi connectivity index (χ2n) is 9.91. The van der Waals surface area contributed by atoms with Gasteiger partial charge in [0.25, 0.3) is 5.91 Å². The summed E-state index contributed by atoms with van der Waals surface area (Å²) in [5.74, 6) is 2.03. The third-order valence-electron chi connectivity index (χ3n) is 7.61. The Morgan fingerprint density at radius 2 is 1.86 bits per heavy atom. The van der Waals surface area contributed by atoms with Crippen molar-refractivity contribution in [1.82, 2.24) is 19.7 Å². The summed E-state index contributed by atoms with van der Waals surface area (Å²) >= 11 is 0. The summed E-state index contributed by atoms with van der Waals surface area (Å²) in [5.41, 5.74) is 3.02. The van der Waals surface area contributed by atoms with Gasteiger partial charge in [0.15, 0.2) is 0 Å². The van der Waals surface area contributed by atoms with Crippen LogP contribution in [0.1, 0.15) is 87.6 Å². The van der Waals surface area contributed by atoms with Crippen molar-refractivity contribution in [2.75, 3.05) is 13.1 Å². The number of nitrogens with zero attached hydrogens (tertiary/aromatic N) is 4. The largest absolute Gasteiger partial charge is 0.454 e. The van der Waals surface area contributed by atoms with Gasteiger partial charge in [-0.3, -0.25) is 4.79 Å². The maximum Gasteiger partial charge on any atom is 0.339 e. The number of carbonyl (C=O) groups is 2. The molecule has 3 aromatic rings. The van der Waals surface area contributed by atoms with Crippen molar-refractivity contribution in [1.29, 1.82) is 0 Å². The van der Waals surface area contributed by atoms with E-state index >= 15 is 0 Å². The van der Waals surface area contributed by atoms with E-state index in [9.17, 15) is 9.59 Å². The molecule has 0 bridgehead atoms. The van der Waals surface area contributed by atoms with Crippen LogP contribution in [0.5, 0.6) is 0 Å². The van der Waals surface area contributed by atoms with Gasteiger partial charge in [0.1, 0.15) is 17.8 Å². The van der Waals surface area contributed by atoms with E-state index in [0.717, 1.165) is 61.5 Å². The molecule has 3 aliphatic rings. The third kappa shape index (κ3) is 4.24.